The minimum atomic E-state index is -0.996. The third-order valence-electron chi connectivity index (χ3n) is 3.95. The largest absolute Gasteiger partial charge is 0.478 e. The molecule has 1 amide bonds. The Balaban J connectivity index is 1.74. The van der Waals surface area contributed by atoms with E-state index < -0.39 is 5.60 Å². The Morgan fingerprint density at radius 3 is 2.75 bits per heavy atom. The maximum Gasteiger partial charge on any atom is 0.266 e. The van der Waals surface area contributed by atoms with Crippen LogP contribution in [-0.4, -0.2) is 32.9 Å². The van der Waals surface area contributed by atoms with Gasteiger partial charge in [0.05, 0.1) is 12.2 Å². The van der Waals surface area contributed by atoms with Crippen LogP contribution in [0.3, 0.4) is 0 Å². The number of carbonyl (C=O) groups excluding carboxylic acids is 1. The summed E-state index contributed by atoms with van der Waals surface area (Å²) < 4.78 is 5.88. The minimum absolute atomic E-state index is 0.0970. The zero-order valence-corrected chi connectivity index (χ0v) is 14.4. The van der Waals surface area contributed by atoms with Gasteiger partial charge in [0.15, 0.2) is 5.60 Å². The van der Waals surface area contributed by atoms with Crippen LogP contribution in [0.15, 0.2) is 30.5 Å². The molecule has 1 aliphatic rings. The van der Waals surface area contributed by atoms with Gasteiger partial charge in [0, 0.05) is 17.8 Å². The second kappa shape index (κ2) is 6.28. The molecule has 0 fully saturated rings. The standard InChI is InChI=1S/C17H19ClN4O2/c1-17(2,24-13-5-3-12(18)4-6-13)15(23)22-8-7-11-9-20-16(19)21-14(11)10-22/h3-6,9H,7-8,10H2,1-2H3,(H2,19,20,21). The molecule has 0 unspecified atom stereocenters. The summed E-state index contributed by atoms with van der Waals surface area (Å²) in [7, 11) is 0. The first kappa shape index (κ1) is 16.5. The smallest absolute Gasteiger partial charge is 0.266 e. The maximum atomic E-state index is 12.9. The number of benzene rings is 1. The molecule has 1 aromatic heterocycles. The first-order valence-corrected chi connectivity index (χ1v) is 8.07. The van der Waals surface area contributed by atoms with Crippen LogP contribution in [0.1, 0.15) is 25.1 Å². The van der Waals surface area contributed by atoms with Gasteiger partial charge < -0.3 is 15.4 Å². The molecule has 0 radical (unpaired) electrons. The first-order valence-electron chi connectivity index (χ1n) is 7.69. The van der Waals surface area contributed by atoms with Crippen molar-refractivity contribution in [2.24, 2.45) is 0 Å². The average molecular weight is 347 g/mol. The van der Waals surface area contributed by atoms with Gasteiger partial charge in [-0.2, -0.15) is 0 Å². The van der Waals surface area contributed by atoms with Crippen molar-refractivity contribution in [2.75, 3.05) is 12.3 Å². The molecule has 0 saturated heterocycles. The molecule has 2 N–H and O–H groups in total. The van der Waals surface area contributed by atoms with E-state index in [0.717, 1.165) is 11.3 Å². The lowest BCUT2D eigenvalue weighted by molar-refractivity contribution is -0.146. The molecule has 1 aliphatic heterocycles. The van der Waals surface area contributed by atoms with E-state index >= 15 is 0 Å². The van der Waals surface area contributed by atoms with Crippen LogP contribution >= 0.6 is 11.6 Å². The fourth-order valence-electron chi connectivity index (χ4n) is 2.71. The summed E-state index contributed by atoms with van der Waals surface area (Å²) in [5.74, 6) is 0.724. The highest BCUT2D eigenvalue weighted by atomic mass is 35.5. The Hall–Kier alpha value is -2.34. The van der Waals surface area contributed by atoms with Crippen LogP contribution < -0.4 is 10.5 Å². The molecule has 24 heavy (non-hydrogen) atoms. The number of hydrogen-bond donors (Lipinski definition) is 1. The van der Waals surface area contributed by atoms with Crippen molar-refractivity contribution in [3.05, 3.63) is 46.7 Å². The number of aromatic nitrogens is 2. The number of halogens is 1. The number of carbonyl (C=O) groups is 1. The van der Waals surface area contributed by atoms with Crippen molar-refractivity contribution in [3.63, 3.8) is 0 Å². The molecular weight excluding hydrogens is 328 g/mol. The Labute approximate surface area is 145 Å². The van der Waals surface area contributed by atoms with Crippen molar-refractivity contribution in [1.82, 2.24) is 14.9 Å². The monoisotopic (exact) mass is 346 g/mol. The van der Waals surface area contributed by atoms with Gasteiger partial charge in [-0.15, -0.1) is 0 Å². The predicted molar refractivity (Wildman–Crippen MR) is 91.7 cm³/mol. The molecule has 126 valence electrons. The highest BCUT2D eigenvalue weighted by molar-refractivity contribution is 6.30. The lowest BCUT2D eigenvalue weighted by Crippen LogP contribution is -2.50. The highest BCUT2D eigenvalue weighted by Gasteiger charge is 2.36. The molecule has 0 atom stereocenters. The van der Waals surface area contributed by atoms with E-state index in [1.807, 2.05) is 0 Å². The van der Waals surface area contributed by atoms with Crippen LogP contribution in [0.2, 0.25) is 5.02 Å². The Bertz CT molecular complexity index is 762. The van der Waals surface area contributed by atoms with Gasteiger partial charge in [-0.3, -0.25) is 4.79 Å². The van der Waals surface area contributed by atoms with E-state index in [9.17, 15) is 4.79 Å². The fraction of sp³-hybridized carbons (Fsp3) is 0.353. The van der Waals surface area contributed by atoms with Gasteiger partial charge in [0.25, 0.3) is 5.91 Å². The molecule has 2 aromatic rings. The number of nitrogen functional groups attached to an aromatic ring is 1. The summed E-state index contributed by atoms with van der Waals surface area (Å²) in [4.78, 5) is 22.9. The van der Waals surface area contributed by atoms with E-state index in [0.29, 0.717) is 30.3 Å². The summed E-state index contributed by atoms with van der Waals surface area (Å²) in [5.41, 5.74) is 6.47. The molecule has 7 heteroatoms. The predicted octanol–water partition coefficient (Wildman–Crippen LogP) is 2.45. The van der Waals surface area contributed by atoms with Crippen molar-refractivity contribution in [3.8, 4) is 5.75 Å². The number of ether oxygens (including phenoxy) is 1. The Morgan fingerprint density at radius 2 is 2.04 bits per heavy atom. The number of nitrogens with two attached hydrogens (primary N) is 1. The van der Waals surface area contributed by atoms with Gasteiger partial charge in [-0.05, 0) is 50.1 Å². The number of amides is 1. The lowest BCUT2D eigenvalue weighted by Gasteiger charge is -2.34. The zero-order chi connectivity index (χ0) is 17.3. The number of anilines is 1. The summed E-state index contributed by atoms with van der Waals surface area (Å²) in [6, 6.07) is 6.95. The van der Waals surface area contributed by atoms with Crippen molar-refractivity contribution < 1.29 is 9.53 Å². The van der Waals surface area contributed by atoms with Gasteiger partial charge in [-0.25, -0.2) is 9.97 Å². The summed E-state index contributed by atoms with van der Waals surface area (Å²) >= 11 is 5.87. The van der Waals surface area contributed by atoms with Gasteiger partial charge >= 0.3 is 0 Å². The van der Waals surface area contributed by atoms with E-state index in [2.05, 4.69) is 9.97 Å². The molecule has 0 aliphatic carbocycles. The van der Waals surface area contributed by atoms with Crippen LogP contribution in [0.25, 0.3) is 0 Å². The molecule has 0 saturated carbocycles. The Morgan fingerprint density at radius 1 is 1.33 bits per heavy atom. The summed E-state index contributed by atoms with van der Waals surface area (Å²) in [6.45, 7) is 4.53. The highest BCUT2D eigenvalue weighted by Crippen LogP contribution is 2.25. The number of nitrogens with zero attached hydrogens (tertiary/aromatic N) is 3. The third kappa shape index (κ3) is 3.43. The van der Waals surface area contributed by atoms with Crippen molar-refractivity contribution in [2.45, 2.75) is 32.4 Å². The molecule has 6 nitrogen and oxygen atoms in total. The van der Waals surface area contributed by atoms with Crippen LogP contribution in [0.5, 0.6) is 5.75 Å². The number of fused-ring (bicyclic) bond motifs is 1. The first-order chi connectivity index (χ1) is 11.3. The van der Waals surface area contributed by atoms with Gasteiger partial charge in [0.1, 0.15) is 5.75 Å². The second-order valence-electron chi connectivity index (χ2n) is 6.24. The number of hydrogen-bond acceptors (Lipinski definition) is 5. The molecule has 1 aromatic carbocycles. The molecule has 0 spiro atoms. The summed E-state index contributed by atoms with van der Waals surface area (Å²) in [5, 5.41) is 0.622. The van der Waals surface area contributed by atoms with Crippen LogP contribution in [0.4, 0.5) is 5.95 Å². The molecule has 0 bridgehead atoms. The zero-order valence-electron chi connectivity index (χ0n) is 13.6. The second-order valence-corrected chi connectivity index (χ2v) is 6.68. The molecular formula is C17H19ClN4O2. The number of rotatable bonds is 3. The van der Waals surface area contributed by atoms with E-state index in [4.69, 9.17) is 22.1 Å². The average Bonchev–Trinajstić information content (AvgIpc) is 2.55. The SMILES string of the molecule is CC(C)(Oc1ccc(Cl)cc1)C(=O)N1CCc2cnc(N)nc2C1. The maximum absolute atomic E-state index is 12.9. The van der Waals surface area contributed by atoms with Crippen LogP contribution in [-0.2, 0) is 17.8 Å². The minimum Gasteiger partial charge on any atom is -0.478 e. The fourth-order valence-corrected chi connectivity index (χ4v) is 2.84. The van der Waals surface area contributed by atoms with Crippen molar-refractivity contribution >= 4 is 23.5 Å². The van der Waals surface area contributed by atoms with E-state index in [1.165, 1.54) is 0 Å². The topological polar surface area (TPSA) is 81.3 Å². The van der Waals surface area contributed by atoms with Gasteiger partial charge in [-0.1, -0.05) is 11.6 Å². The normalized spacial score (nSPS) is 14.2. The lowest BCUT2D eigenvalue weighted by atomic mass is 10.0. The van der Waals surface area contributed by atoms with E-state index in [-0.39, 0.29) is 11.9 Å². The third-order valence-corrected chi connectivity index (χ3v) is 4.21. The molecule has 2 heterocycles. The van der Waals surface area contributed by atoms with E-state index in [1.54, 1.807) is 49.2 Å². The van der Waals surface area contributed by atoms with Gasteiger partial charge in [0.2, 0.25) is 5.95 Å². The molecule has 3 rings (SSSR count). The van der Waals surface area contributed by atoms with Crippen LogP contribution in [0, 0.1) is 0 Å². The summed E-state index contributed by atoms with van der Waals surface area (Å²) in [6.07, 6.45) is 2.44. The quantitative estimate of drug-likeness (QED) is 0.923. The van der Waals surface area contributed by atoms with Crippen molar-refractivity contribution in [1.29, 1.82) is 0 Å². The Kier molecular flexibility index (Phi) is 4.32.